The number of carbonyl (C=O) groups excluding carboxylic acids is 2. The van der Waals surface area contributed by atoms with Gasteiger partial charge >= 0.3 is 0 Å². The van der Waals surface area contributed by atoms with Crippen molar-refractivity contribution in [3.8, 4) is 0 Å². The molecule has 1 amide bonds. The fourth-order valence-electron chi connectivity index (χ4n) is 2.53. The van der Waals surface area contributed by atoms with E-state index in [0.29, 0.717) is 9.75 Å². The summed E-state index contributed by atoms with van der Waals surface area (Å²) >= 11 is 3.07. The molecule has 1 saturated heterocycles. The normalized spacial score (nSPS) is 16.0. The summed E-state index contributed by atoms with van der Waals surface area (Å²) < 4.78 is 0. The first-order chi connectivity index (χ1) is 10.6. The molecule has 0 unspecified atom stereocenters. The number of rotatable bonds is 4. The van der Waals surface area contributed by atoms with Crippen LogP contribution in [0.1, 0.15) is 31.1 Å². The lowest BCUT2D eigenvalue weighted by Gasteiger charge is -2.34. The summed E-state index contributed by atoms with van der Waals surface area (Å²) in [5.41, 5.74) is 0. The van der Waals surface area contributed by atoms with E-state index in [-0.39, 0.29) is 11.7 Å². The van der Waals surface area contributed by atoms with E-state index < -0.39 is 0 Å². The molecule has 2 aromatic rings. The third kappa shape index (κ3) is 3.45. The number of carbonyl (C=O) groups is 2. The standard InChI is InChI=1S/C16H18N2O2S2/c1-12(19)14-4-5-15(22-14)16(20)18-8-6-17(7-9-18)11-13-3-2-10-21-13/h2-5,10H,6-9,11H2,1H3. The van der Waals surface area contributed by atoms with Crippen molar-refractivity contribution in [2.24, 2.45) is 0 Å². The molecule has 0 atom stereocenters. The third-order valence-corrected chi connectivity index (χ3v) is 5.82. The van der Waals surface area contributed by atoms with Gasteiger partial charge in [-0.05, 0) is 30.5 Å². The van der Waals surface area contributed by atoms with Crippen LogP contribution >= 0.6 is 22.7 Å². The molecule has 3 rings (SSSR count). The molecule has 22 heavy (non-hydrogen) atoms. The van der Waals surface area contributed by atoms with Crippen LogP contribution in [0.15, 0.2) is 29.6 Å². The van der Waals surface area contributed by atoms with Crippen molar-refractivity contribution in [3.63, 3.8) is 0 Å². The zero-order valence-electron chi connectivity index (χ0n) is 12.4. The molecule has 3 heterocycles. The fraction of sp³-hybridized carbons (Fsp3) is 0.375. The molecule has 4 nitrogen and oxygen atoms in total. The molecule has 1 fully saturated rings. The van der Waals surface area contributed by atoms with Crippen molar-refractivity contribution in [2.75, 3.05) is 26.2 Å². The van der Waals surface area contributed by atoms with Crippen LogP contribution in [0.3, 0.4) is 0 Å². The highest BCUT2D eigenvalue weighted by molar-refractivity contribution is 7.16. The summed E-state index contributed by atoms with van der Waals surface area (Å²) in [7, 11) is 0. The van der Waals surface area contributed by atoms with Crippen LogP contribution in [-0.4, -0.2) is 47.7 Å². The lowest BCUT2D eigenvalue weighted by molar-refractivity contribution is 0.0634. The average molecular weight is 334 g/mol. The quantitative estimate of drug-likeness (QED) is 0.807. The highest BCUT2D eigenvalue weighted by Gasteiger charge is 2.23. The molecule has 0 aliphatic carbocycles. The maximum Gasteiger partial charge on any atom is 0.264 e. The fourth-order valence-corrected chi connectivity index (χ4v) is 4.15. The van der Waals surface area contributed by atoms with Gasteiger partial charge in [-0.25, -0.2) is 0 Å². The van der Waals surface area contributed by atoms with E-state index in [1.807, 2.05) is 4.90 Å². The number of hydrogen-bond acceptors (Lipinski definition) is 5. The van der Waals surface area contributed by atoms with E-state index in [9.17, 15) is 9.59 Å². The molecule has 0 bridgehead atoms. The highest BCUT2D eigenvalue weighted by atomic mass is 32.1. The van der Waals surface area contributed by atoms with E-state index >= 15 is 0 Å². The Morgan fingerprint density at radius 2 is 1.82 bits per heavy atom. The molecule has 0 N–H and O–H groups in total. The van der Waals surface area contributed by atoms with Gasteiger partial charge in [0, 0.05) is 37.6 Å². The van der Waals surface area contributed by atoms with E-state index in [2.05, 4.69) is 22.4 Å². The lowest BCUT2D eigenvalue weighted by Crippen LogP contribution is -2.48. The molecule has 116 valence electrons. The smallest absolute Gasteiger partial charge is 0.264 e. The van der Waals surface area contributed by atoms with Crippen LogP contribution in [0.2, 0.25) is 0 Å². The molecule has 0 aromatic carbocycles. The number of nitrogens with zero attached hydrogens (tertiary/aromatic N) is 2. The van der Waals surface area contributed by atoms with Gasteiger partial charge in [0.1, 0.15) is 0 Å². The molecule has 1 aliphatic rings. The van der Waals surface area contributed by atoms with Gasteiger partial charge in [-0.15, -0.1) is 22.7 Å². The minimum absolute atomic E-state index is 0.0183. The van der Waals surface area contributed by atoms with Crippen LogP contribution in [0.5, 0.6) is 0 Å². The van der Waals surface area contributed by atoms with Gasteiger partial charge in [0.15, 0.2) is 5.78 Å². The Labute approximate surface area is 138 Å². The van der Waals surface area contributed by atoms with Crippen molar-refractivity contribution in [1.82, 2.24) is 9.80 Å². The summed E-state index contributed by atoms with van der Waals surface area (Å²) in [6, 6.07) is 7.73. The molecule has 6 heteroatoms. The second kappa shape index (κ2) is 6.73. The Hall–Kier alpha value is -1.50. The number of amides is 1. The Kier molecular flexibility index (Phi) is 4.71. The Morgan fingerprint density at radius 3 is 2.41 bits per heavy atom. The zero-order valence-corrected chi connectivity index (χ0v) is 14.1. The molecule has 2 aromatic heterocycles. The Morgan fingerprint density at radius 1 is 1.09 bits per heavy atom. The maximum atomic E-state index is 12.5. The van der Waals surface area contributed by atoms with Crippen LogP contribution < -0.4 is 0 Å². The second-order valence-corrected chi connectivity index (χ2v) is 7.48. The van der Waals surface area contributed by atoms with E-state index in [0.717, 1.165) is 32.7 Å². The molecule has 0 radical (unpaired) electrons. The summed E-state index contributed by atoms with van der Waals surface area (Å²) in [4.78, 5) is 30.8. The first kappa shape index (κ1) is 15.4. The van der Waals surface area contributed by atoms with E-state index in [4.69, 9.17) is 0 Å². The number of thiophene rings is 2. The van der Waals surface area contributed by atoms with Crippen LogP contribution in [0.25, 0.3) is 0 Å². The van der Waals surface area contributed by atoms with Crippen molar-refractivity contribution >= 4 is 34.4 Å². The molecular weight excluding hydrogens is 316 g/mol. The van der Waals surface area contributed by atoms with E-state index in [1.54, 1.807) is 23.5 Å². The SMILES string of the molecule is CC(=O)c1ccc(C(=O)N2CCN(Cc3cccs3)CC2)s1. The first-order valence-electron chi connectivity index (χ1n) is 7.28. The first-order valence-corrected chi connectivity index (χ1v) is 8.98. The number of hydrogen-bond donors (Lipinski definition) is 0. The zero-order chi connectivity index (χ0) is 15.5. The Balaban J connectivity index is 1.56. The summed E-state index contributed by atoms with van der Waals surface area (Å²) in [5, 5.41) is 2.10. The predicted octanol–water partition coefficient (Wildman–Crippen LogP) is 2.97. The highest BCUT2D eigenvalue weighted by Crippen LogP contribution is 2.20. The monoisotopic (exact) mass is 334 g/mol. The number of piperazine rings is 1. The molecular formula is C16H18N2O2S2. The van der Waals surface area contributed by atoms with Crippen molar-refractivity contribution < 1.29 is 9.59 Å². The second-order valence-electron chi connectivity index (χ2n) is 5.37. The van der Waals surface area contributed by atoms with Gasteiger partial charge in [-0.2, -0.15) is 0 Å². The van der Waals surface area contributed by atoms with Crippen molar-refractivity contribution in [3.05, 3.63) is 44.3 Å². The summed E-state index contributed by atoms with van der Waals surface area (Å²) in [6.07, 6.45) is 0. The van der Waals surface area contributed by atoms with Crippen LogP contribution in [0.4, 0.5) is 0 Å². The minimum Gasteiger partial charge on any atom is -0.335 e. The van der Waals surface area contributed by atoms with Gasteiger partial charge < -0.3 is 4.90 Å². The van der Waals surface area contributed by atoms with Crippen molar-refractivity contribution in [1.29, 1.82) is 0 Å². The summed E-state index contributed by atoms with van der Waals surface area (Å²) in [6.45, 7) is 5.79. The van der Waals surface area contributed by atoms with Gasteiger partial charge in [0.2, 0.25) is 0 Å². The number of Topliss-reactive ketones (excluding diaryl/α,β-unsaturated/α-hetero) is 1. The molecule has 0 saturated carbocycles. The lowest BCUT2D eigenvalue weighted by atomic mass is 10.2. The van der Waals surface area contributed by atoms with Gasteiger partial charge in [0.25, 0.3) is 5.91 Å². The average Bonchev–Trinajstić information content (AvgIpc) is 3.18. The van der Waals surface area contributed by atoms with Gasteiger partial charge in [-0.3, -0.25) is 14.5 Å². The summed E-state index contributed by atoms with van der Waals surface area (Å²) in [5.74, 6) is 0.0677. The van der Waals surface area contributed by atoms with Crippen LogP contribution in [-0.2, 0) is 6.54 Å². The largest absolute Gasteiger partial charge is 0.335 e. The topological polar surface area (TPSA) is 40.6 Å². The van der Waals surface area contributed by atoms with Crippen LogP contribution in [0, 0.1) is 0 Å². The van der Waals surface area contributed by atoms with E-state index in [1.165, 1.54) is 23.1 Å². The van der Waals surface area contributed by atoms with Gasteiger partial charge in [-0.1, -0.05) is 6.07 Å². The molecule has 1 aliphatic heterocycles. The molecule has 0 spiro atoms. The number of ketones is 1. The minimum atomic E-state index is 0.0183. The van der Waals surface area contributed by atoms with Crippen molar-refractivity contribution in [2.45, 2.75) is 13.5 Å². The predicted molar refractivity (Wildman–Crippen MR) is 89.8 cm³/mol. The third-order valence-electron chi connectivity index (χ3n) is 3.78. The van der Waals surface area contributed by atoms with Gasteiger partial charge in [0.05, 0.1) is 9.75 Å². The Bertz CT molecular complexity index is 656. The maximum absolute atomic E-state index is 12.5.